The van der Waals surface area contributed by atoms with Gasteiger partial charge in [0.2, 0.25) is 5.91 Å². The van der Waals surface area contributed by atoms with Crippen molar-refractivity contribution in [3.8, 4) is 11.5 Å². The van der Waals surface area contributed by atoms with Crippen LogP contribution in [0.15, 0.2) is 60.0 Å². The van der Waals surface area contributed by atoms with E-state index in [1.165, 1.54) is 5.56 Å². The average molecular weight is 461 g/mol. The van der Waals surface area contributed by atoms with Crippen molar-refractivity contribution >= 4 is 11.6 Å². The lowest BCUT2D eigenvalue weighted by molar-refractivity contribution is -0.141. The molecule has 34 heavy (non-hydrogen) atoms. The lowest BCUT2D eigenvalue weighted by Gasteiger charge is -2.42. The van der Waals surface area contributed by atoms with E-state index in [0.29, 0.717) is 11.5 Å². The van der Waals surface area contributed by atoms with Crippen LogP contribution in [-0.2, 0) is 11.3 Å². The Balaban J connectivity index is 1.38. The van der Waals surface area contributed by atoms with Crippen molar-refractivity contribution in [2.24, 2.45) is 16.9 Å². The number of nitrogens with zero attached hydrogens (tertiary/aromatic N) is 4. The van der Waals surface area contributed by atoms with E-state index in [2.05, 4.69) is 34.2 Å². The summed E-state index contributed by atoms with van der Waals surface area (Å²) in [5.74, 6) is 1.58. The maximum Gasteiger partial charge on any atom is 0.247 e. The number of ether oxygens (including phenoxy) is 2. The van der Waals surface area contributed by atoms with Crippen LogP contribution in [0.4, 0.5) is 0 Å². The van der Waals surface area contributed by atoms with Gasteiger partial charge in [-0.05, 0) is 61.6 Å². The van der Waals surface area contributed by atoms with Gasteiger partial charge in [0, 0.05) is 43.5 Å². The van der Waals surface area contributed by atoms with Crippen molar-refractivity contribution in [3.63, 3.8) is 0 Å². The number of carbonyl (C=O) groups excluding carboxylic acids is 1. The van der Waals surface area contributed by atoms with Gasteiger partial charge in [0.1, 0.15) is 0 Å². The van der Waals surface area contributed by atoms with Gasteiger partial charge in [-0.25, -0.2) is 5.01 Å². The third-order valence-corrected chi connectivity index (χ3v) is 7.28. The predicted octanol–water partition coefficient (Wildman–Crippen LogP) is 3.89. The van der Waals surface area contributed by atoms with Crippen LogP contribution < -0.4 is 9.47 Å². The van der Waals surface area contributed by atoms with Crippen molar-refractivity contribution in [2.45, 2.75) is 38.3 Å². The molecular weight excluding hydrogens is 428 g/mol. The number of rotatable bonds is 6. The standard InChI is InChI=1S/C27H32N4O3/c1-33-24-8-7-20(17-25(24)34-2)26-22-5-3-4-6-23(22)27(32)31(29-26)21-11-15-30(16-12-21)18-19-9-13-28-14-10-19/h3-4,7-10,13-14,17,21-23H,5-6,11-12,15-16,18H2,1-2H3/t22-,23+/m0/s1. The van der Waals surface area contributed by atoms with Gasteiger partial charge in [-0.15, -0.1) is 0 Å². The first-order valence-corrected chi connectivity index (χ1v) is 12.1. The Kier molecular flexibility index (Phi) is 6.63. The van der Waals surface area contributed by atoms with Crippen molar-refractivity contribution in [3.05, 3.63) is 66.0 Å². The van der Waals surface area contributed by atoms with Gasteiger partial charge >= 0.3 is 0 Å². The summed E-state index contributed by atoms with van der Waals surface area (Å²) in [6, 6.07) is 10.2. The lowest BCUT2D eigenvalue weighted by atomic mass is 9.76. The third-order valence-electron chi connectivity index (χ3n) is 7.28. The number of methoxy groups -OCH3 is 2. The van der Waals surface area contributed by atoms with Crippen LogP contribution in [0.1, 0.15) is 36.8 Å². The molecule has 2 aromatic rings. The fourth-order valence-electron chi connectivity index (χ4n) is 5.40. The molecule has 1 aliphatic carbocycles. The zero-order chi connectivity index (χ0) is 23.5. The minimum atomic E-state index is -0.0551. The lowest BCUT2D eigenvalue weighted by Crippen LogP contribution is -2.52. The molecule has 0 spiro atoms. The molecule has 3 heterocycles. The molecule has 1 aromatic carbocycles. The fraction of sp³-hybridized carbons (Fsp3) is 0.444. The molecule has 178 valence electrons. The summed E-state index contributed by atoms with van der Waals surface area (Å²) >= 11 is 0. The number of likely N-dealkylation sites (tertiary alicyclic amines) is 1. The molecule has 2 atom stereocenters. The zero-order valence-electron chi connectivity index (χ0n) is 19.9. The molecule has 0 radical (unpaired) electrons. The number of carbonyl (C=O) groups is 1. The number of allylic oxidation sites excluding steroid dienone is 2. The minimum Gasteiger partial charge on any atom is -0.493 e. The van der Waals surface area contributed by atoms with Gasteiger partial charge in [-0.3, -0.25) is 14.7 Å². The number of piperidine rings is 1. The Morgan fingerprint density at radius 3 is 2.35 bits per heavy atom. The summed E-state index contributed by atoms with van der Waals surface area (Å²) in [7, 11) is 3.28. The van der Waals surface area contributed by atoms with Gasteiger partial charge in [-0.1, -0.05) is 12.2 Å². The summed E-state index contributed by atoms with van der Waals surface area (Å²) in [6.45, 7) is 2.82. The second kappa shape index (κ2) is 9.97. The largest absolute Gasteiger partial charge is 0.493 e. The number of hydrogen-bond acceptors (Lipinski definition) is 6. The zero-order valence-corrected chi connectivity index (χ0v) is 19.9. The molecule has 1 aromatic heterocycles. The van der Waals surface area contributed by atoms with Crippen LogP contribution in [0.3, 0.4) is 0 Å². The van der Waals surface area contributed by atoms with Crippen LogP contribution in [0.2, 0.25) is 0 Å². The second-order valence-electron chi connectivity index (χ2n) is 9.26. The molecule has 0 unspecified atom stereocenters. The molecule has 1 fully saturated rings. The first-order valence-electron chi connectivity index (χ1n) is 12.1. The number of pyridine rings is 1. The van der Waals surface area contributed by atoms with Crippen molar-refractivity contribution < 1.29 is 14.3 Å². The van der Waals surface area contributed by atoms with Gasteiger partial charge in [-0.2, -0.15) is 5.10 Å². The van der Waals surface area contributed by atoms with Crippen molar-refractivity contribution in [1.82, 2.24) is 14.9 Å². The quantitative estimate of drug-likeness (QED) is 0.612. The summed E-state index contributed by atoms with van der Waals surface area (Å²) in [4.78, 5) is 20.1. The maximum absolute atomic E-state index is 13.6. The summed E-state index contributed by atoms with van der Waals surface area (Å²) < 4.78 is 11.0. The van der Waals surface area contributed by atoms with E-state index in [4.69, 9.17) is 14.6 Å². The molecule has 7 nitrogen and oxygen atoms in total. The monoisotopic (exact) mass is 460 g/mol. The smallest absolute Gasteiger partial charge is 0.247 e. The minimum absolute atomic E-state index is 0.0551. The first-order chi connectivity index (χ1) is 16.7. The van der Waals surface area contributed by atoms with Crippen molar-refractivity contribution in [1.29, 1.82) is 0 Å². The Morgan fingerprint density at radius 2 is 1.65 bits per heavy atom. The maximum atomic E-state index is 13.6. The summed E-state index contributed by atoms with van der Waals surface area (Å²) in [5.41, 5.74) is 3.25. The number of benzene rings is 1. The highest BCUT2D eigenvalue weighted by molar-refractivity contribution is 6.07. The van der Waals surface area contributed by atoms with Crippen LogP contribution >= 0.6 is 0 Å². The van der Waals surface area contributed by atoms with Crippen molar-refractivity contribution in [2.75, 3.05) is 27.3 Å². The normalized spacial score (nSPS) is 23.4. The van der Waals surface area contributed by atoms with Crippen LogP contribution in [0, 0.1) is 11.8 Å². The summed E-state index contributed by atoms with van der Waals surface area (Å²) in [5, 5.41) is 6.84. The van der Waals surface area contributed by atoms with E-state index < -0.39 is 0 Å². The summed E-state index contributed by atoms with van der Waals surface area (Å²) in [6.07, 6.45) is 11.5. The van der Waals surface area contributed by atoms with Gasteiger partial charge in [0.25, 0.3) is 0 Å². The number of hydrazone groups is 1. The average Bonchev–Trinajstić information content (AvgIpc) is 2.90. The van der Waals surface area contributed by atoms with E-state index in [-0.39, 0.29) is 23.8 Å². The highest BCUT2D eigenvalue weighted by atomic mass is 16.5. The SMILES string of the molecule is COc1ccc(C2=NN(C3CCN(Cc4ccncc4)CC3)C(=O)[C@@H]3CC=CC[C@H]23)cc1OC. The van der Waals surface area contributed by atoms with Crippen LogP contribution in [0.5, 0.6) is 11.5 Å². The van der Waals surface area contributed by atoms with E-state index >= 15 is 0 Å². The topological polar surface area (TPSA) is 67.3 Å². The van der Waals surface area contributed by atoms with Gasteiger partial charge in [0.15, 0.2) is 11.5 Å². The predicted molar refractivity (Wildman–Crippen MR) is 131 cm³/mol. The van der Waals surface area contributed by atoms with E-state index in [1.807, 2.05) is 35.6 Å². The molecule has 7 heteroatoms. The van der Waals surface area contributed by atoms with Gasteiger partial charge < -0.3 is 9.47 Å². The van der Waals surface area contributed by atoms with E-state index in [9.17, 15) is 4.79 Å². The van der Waals surface area contributed by atoms with Crippen LogP contribution in [0.25, 0.3) is 0 Å². The number of fused-ring (bicyclic) bond motifs is 1. The number of hydrogen-bond donors (Lipinski definition) is 0. The highest BCUT2D eigenvalue weighted by Crippen LogP contribution is 2.38. The molecule has 0 bridgehead atoms. The van der Waals surface area contributed by atoms with E-state index in [1.54, 1.807) is 14.2 Å². The molecular formula is C27H32N4O3. The molecule has 1 amide bonds. The fourth-order valence-corrected chi connectivity index (χ4v) is 5.40. The Morgan fingerprint density at radius 1 is 0.941 bits per heavy atom. The second-order valence-corrected chi connectivity index (χ2v) is 9.26. The Bertz CT molecular complexity index is 1080. The third kappa shape index (κ3) is 4.44. The number of amides is 1. The van der Waals surface area contributed by atoms with Crippen LogP contribution in [-0.4, -0.2) is 59.9 Å². The van der Waals surface area contributed by atoms with E-state index in [0.717, 1.165) is 56.6 Å². The highest BCUT2D eigenvalue weighted by Gasteiger charge is 2.42. The first kappa shape index (κ1) is 22.6. The Hall–Kier alpha value is -3.19. The molecule has 1 saturated heterocycles. The molecule has 5 rings (SSSR count). The Labute approximate surface area is 201 Å². The molecule has 2 aliphatic heterocycles. The molecule has 3 aliphatic rings. The number of aromatic nitrogens is 1. The van der Waals surface area contributed by atoms with Gasteiger partial charge in [0.05, 0.1) is 31.9 Å². The molecule has 0 saturated carbocycles. The molecule has 0 N–H and O–H groups in total.